The van der Waals surface area contributed by atoms with Crippen molar-refractivity contribution in [3.05, 3.63) is 0 Å². The van der Waals surface area contributed by atoms with Gasteiger partial charge in [-0.2, -0.15) is 0 Å². The normalized spacial score (nSPS) is 10.3. The summed E-state index contributed by atoms with van der Waals surface area (Å²) in [6.07, 6.45) is 2.20. The van der Waals surface area contributed by atoms with Gasteiger partial charge in [0.15, 0.2) is 0 Å². The molecule has 0 aromatic heterocycles. The van der Waals surface area contributed by atoms with Gasteiger partial charge < -0.3 is 9.80 Å². The Morgan fingerprint density at radius 1 is 0.700 bits per heavy atom. The lowest BCUT2D eigenvalue weighted by Crippen LogP contribution is -2.24. The lowest BCUT2D eigenvalue weighted by molar-refractivity contribution is 0.301. The molecule has 0 amide bonds. The third kappa shape index (κ3) is 12.6. The largest absolute Gasteiger partial charge is 0.304 e. The summed E-state index contributed by atoms with van der Waals surface area (Å²) < 4.78 is 0. The highest BCUT2D eigenvalue weighted by molar-refractivity contribution is 5.85. The van der Waals surface area contributed by atoms with Gasteiger partial charge in [0, 0.05) is 0 Å². The van der Waals surface area contributed by atoms with Crippen LogP contribution >= 0.6 is 12.4 Å². The molecule has 0 N–H and O–H groups in total. The Hall–Kier alpha value is -0.410. The summed E-state index contributed by atoms with van der Waals surface area (Å²) in [5.74, 6) is 0. The fraction of sp³-hybridized carbons (Fsp3) is 0.933. The number of hydrogen-bond donors (Lipinski definition) is 0. The summed E-state index contributed by atoms with van der Waals surface area (Å²) in [4.78, 5) is 13.3. The summed E-state index contributed by atoms with van der Waals surface area (Å²) in [7, 11) is 0. The van der Waals surface area contributed by atoms with Gasteiger partial charge in [0.25, 0.3) is 0 Å². The molecule has 0 rings (SSSR count). The van der Waals surface area contributed by atoms with Crippen molar-refractivity contribution in [3.8, 4) is 0 Å². The summed E-state index contributed by atoms with van der Waals surface area (Å²) in [6, 6.07) is 2.82. The van der Waals surface area contributed by atoms with E-state index in [-0.39, 0.29) is 12.4 Å². The maximum atomic E-state index is 4.21. The number of halogens is 1. The number of hydrogen-bond acceptors (Lipinski definition) is 4. The van der Waals surface area contributed by atoms with E-state index < -0.39 is 0 Å². The molecule has 0 bridgehead atoms. The Morgan fingerprint density at radius 3 is 1.35 bits per heavy atom. The van der Waals surface area contributed by atoms with Crippen molar-refractivity contribution in [2.45, 2.75) is 40.5 Å². The zero-order chi connectivity index (χ0) is 14.3. The molecule has 0 aromatic carbocycles. The van der Waals surface area contributed by atoms with Gasteiger partial charge in [0.05, 0.1) is 19.1 Å². The van der Waals surface area contributed by atoms with Crippen molar-refractivity contribution in [2.24, 2.45) is 9.98 Å². The standard InChI is InChI=1S/C15H32N4.ClH/c1-5-18(6-2)13-9-11-16-15-17-12-10-14-19(7-3)8-4;/h5-14H2,1-4H3;1H. The van der Waals surface area contributed by atoms with Crippen LogP contribution in [-0.2, 0) is 0 Å². The van der Waals surface area contributed by atoms with Crippen molar-refractivity contribution in [2.75, 3.05) is 52.4 Å². The molecule has 0 aliphatic heterocycles. The minimum absolute atomic E-state index is 0. The first kappa shape index (κ1) is 21.9. The molecule has 0 atom stereocenters. The minimum atomic E-state index is 0. The molecule has 0 aliphatic rings. The molecule has 0 aliphatic carbocycles. The first-order valence-corrected chi connectivity index (χ1v) is 7.81. The second-order valence-electron chi connectivity index (χ2n) is 4.62. The Balaban J connectivity index is 0. The van der Waals surface area contributed by atoms with Gasteiger partial charge in [0.1, 0.15) is 0 Å². The van der Waals surface area contributed by atoms with Crippen molar-refractivity contribution >= 4 is 18.4 Å². The Bertz CT molecular complexity index is 222. The van der Waals surface area contributed by atoms with Crippen molar-refractivity contribution in [1.82, 2.24) is 9.80 Å². The lowest BCUT2D eigenvalue weighted by Gasteiger charge is -2.16. The van der Waals surface area contributed by atoms with Crippen LogP contribution in [-0.4, -0.2) is 68.2 Å². The maximum Gasteiger partial charge on any atom is 0.0892 e. The molecule has 5 heteroatoms. The average Bonchev–Trinajstić information content (AvgIpc) is 2.45. The Kier molecular flexibility index (Phi) is 18.2. The van der Waals surface area contributed by atoms with Crippen LogP contribution in [0.5, 0.6) is 0 Å². The van der Waals surface area contributed by atoms with Crippen LogP contribution in [0.15, 0.2) is 9.98 Å². The second-order valence-corrected chi connectivity index (χ2v) is 4.62. The highest BCUT2D eigenvalue weighted by Gasteiger charge is 1.97. The Morgan fingerprint density at radius 2 is 1.05 bits per heavy atom. The molecule has 0 unspecified atom stereocenters. The van der Waals surface area contributed by atoms with Gasteiger partial charge in [-0.1, -0.05) is 27.7 Å². The van der Waals surface area contributed by atoms with Crippen LogP contribution in [0.1, 0.15) is 40.5 Å². The molecule has 0 fully saturated rings. The minimum Gasteiger partial charge on any atom is -0.304 e. The third-order valence-corrected chi connectivity index (χ3v) is 3.42. The average molecular weight is 305 g/mol. The fourth-order valence-electron chi connectivity index (χ4n) is 1.98. The van der Waals surface area contributed by atoms with E-state index in [2.05, 4.69) is 53.5 Å². The molecule has 0 spiro atoms. The van der Waals surface area contributed by atoms with Gasteiger partial charge in [-0.05, 0) is 52.1 Å². The molecule has 20 heavy (non-hydrogen) atoms. The van der Waals surface area contributed by atoms with Crippen LogP contribution in [0.25, 0.3) is 0 Å². The van der Waals surface area contributed by atoms with E-state index in [9.17, 15) is 0 Å². The fourth-order valence-corrected chi connectivity index (χ4v) is 1.98. The summed E-state index contributed by atoms with van der Waals surface area (Å²) >= 11 is 0. The van der Waals surface area contributed by atoms with E-state index in [0.717, 1.165) is 65.2 Å². The zero-order valence-electron chi connectivity index (χ0n) is 13.8. The maximum absolute atomic E-state index is 4.21. The highest BCUT2D eigenvalue weighted by Crippen LogP contribution is 1.91. The summed E-state index contributed by atoms with van der Waals surface area (Å²) in [5.41, 5.74) is 0. The van der Waals surface area contributed by atoms with Gasteiger partial charge >= 0.3 is 0 Å². The molecule has 0 heterocycles. The van der Waals surface area contributed by atoms with E-state index in [1.54, 1.807) is 0 Å². The van der Waals surface area contributed by atoms with Crippen LogP contribution < -0.4 is 0 Å². The van der Waals surface area contributed by atoms with Crippen molar-refractivity contribution in [3.63, 3.8) is 0 Å². The predicted octanol–water partition coefficient (Wildman–Crippen LogP) is 3.05. The van der Waals surface area contributed by atoms with Crippen molar-refractivity contribution in [1.29, 1.82) is 0 Å². The predicted molar refractivity (Wildman–Crippen MR) is 91.7 cm³/mol. The van der Waals surface area contributed by atoms with E-state index in [1.807, 2.05) is 0 Å². The number of rotatable bonds is 12. The second kappa shape index (κ2) is 16.6. The topological polar surface area (TPSA) is 31.2 Å². The molecule has 0 saturated carbocycles. The van der Waals surface area contributed by atoms with E-state index in [1.165, 1.54) is 0 Å². The first-order valence-electron chi connectivity index (χ1n) is 7.81. The van der Waals surface area contributed by atoms with Gasteiger partial charge in [-0.3, -0.25) is 0 Å². The molecule has 0 aromatic rings. The molecule has 0 radical (unpaired) electrons. The van der Waals surface area contributed by atoms with Crippen LogP contribution in [0.4, 0.5) is 0 Å². The highest BCUT2D eigenvalue weighted by atomic mass is 35.5. The quantitative estimate of drug-likeness (QED) is 0.410. The lowest BCUT2D eigenvalue weighted by atomic mass is 10.4. The van der Waals surface area contributed by atoms with Crippen LogP contribution in [0, 0.1) is 0 Å². The summed E-state index contributed by atoms with van der Waals surface area (Å²) in [6.45, 7) is 17.2. The molecule has 4 nitrogen and oxygen atoms in total. The van der Waals surface area contributed by atoms with Crippen molar-refractivity contribution < 1.29 is 0 Å². The molecule has 0 saturated heterocycles. The van der Waals surface area contributed by atoms with E-state index in [0.29, 0.717) is 0 Å². The SMILES string of the molecule is CCN(CC)CCCN=C=NCCCN(CC)CC.Cl. The Labute approximate surface area is 131 Å². The monoisotopic (exact) mass is 304 g/mol. The number of nitrogens with zero attached hydrogens (tertiary/aromatic N) is 4. The molecular weight excluding hydrogens is 272 g/mol. The molecular formula is C15H33ClN4. The van der Waals surface area contributed by atoms with E-state index in [4.69, 9.17) is 0 Å². The molecule has 120 valence electrons. The first-order chi connectivity index (χ1) is 9.28. The summed E-state index contributed by atoms with van der Waals surface area (Å²) in [5, 5.41) is 0. The smallest absolute Gasteiger partial charge is 0.0892 e. The van der Waals surface area contributed by atoms with Gasteiger partial charge in [-0.25, -0.2) is 9.98 Å². The van der Waals surface area contributed by atoms with Gasteiger partial charge in [-0.15, -0.1) is 12.4 Å². The number of aliphatic imine (C=N–C) groups is 2. The zero-order valence-corrected chi connectivity index (χ0v) is 14.6. The third-order valence-electron chi connectivity index (χ3n) is 3.42. The van der Waals surface area contributed by atoms with Crippen LogP contribution in [0.2, 0.25) is 0 Å². The van der Waals surface area contributed by atoms with E-state index >= 15 is 0 Å². The van der Waals surface area contributed by atoms with Gasteiger partial charge in [0.2, 0.25) is 0 Å². The van der Waals surface area contributed by atoms with Crippen LogP contribution in [0.3, 0.4) is 0 Å².